The summed E-state index contributed by atoms with van der Waals surface area (Å²) in [6.45, 7) is 0.916. The molecule has 1 N–H and O–H groups in total. The van der Waals surface area contributed by atoms with Crippen LogP contribution in [0.15, 0.2) is 72.8 Å². The molecular formula is C26H26FO6-. The van der Waals surface area contributed by atoms with E-state index in [9.17, 15) is 19.4 Å². The lowest BCUT2D eigenvalue weighted by atomic mass is 10.0. The summed E-state index contributed by atoms with van der Waals surface area (Å²) in [5, 5.41) is 21.3. The molecule has 1 unspecified atom stereocenters. The Hall–Kier alpha value is -3.42. The van der Waals surface area contributed by atoms with E-state index in [0.717, 1.165) is 5.56 Å². The summed E-state index contributed by atoms with van der Waals surface area (Å²) in [4.78, 5) is 10.9. The van der Waals surface area contributed by atoms with Gasteiger partial charge in [0.25, 0.3) is 0 Å². The third-order valence-electron chi connectivity index (χ3n) is 5.10. The summed E-state index contributed by atoms with van der Waals surface area (Å²) in [5.74, 6) is -0.226. The summed E-state index contributed by atoms with van der Waals surface area (Å²) >= 11 is 0. The topological polar surface area (TPSA) is 88.1 Å². The maximum atomic E-state index is 13.0. The molecule has 0 fully saturated rings. The molecule has 0 saturated carbocycles. The number of methoxy groups -OCH3 is 1. The molecule has 0 bridgehead atoms. The van der Waals surface area contributed by atoms with Crippen molar-refractivity contribution >= 4 is 5.97 Å². The van der Waals surface area contributed by atoms with Gasteiger partial charge in [-0.1, -0.05) is 36.4 Å². The van der Waals surface area contributed by atoms with Crippen molar-refractivity contribution in [2.24, 2.45) is 0 Å². The molecular weight excluding hydrogens is 427 g/mol. The van der Waals surface area contributed by atoms with Gasteiger partial charge in [0.2, 0.25) is 0 Å². The summed E-state index contributed by atoms with van der Waals surface area (Å²) in [6.07, 6.45) is -0.917. The van der Waals surface area contributed by atoms with Crippen molar-refractivity contribution in [3.8, 4) is 11.5 Å². The maximum absolute atomic E-state index is 13.0. The number of carbonyl (C=O) groups excluding carboxylic acids is 1. The zero-order valence-corrected chi connectivity index (χ0v) is 18.3. The van der Waals surface area contributed by atoms with Crippen LogP contribution >= 0.6 is 0 Å². The number of rotatable bonds is 12. The van der Waals surface area contributed by atoms with E-state index < -0.39 is 18.2 Å². The van der Waals surface area contributed by atoms with E-state index in [1.54, 1.807) is 60.7 Å². The molecule has 0 aliphatic heterocycles. The highest BCUT2D eigenvalue weighted by atomic mass is 19.1. The third-order valence-corrected chi connectivity index (χ3v) is 5.10. The first-order valence-electron chi connectivity index (χ1n) is 10.6. The normalized spacial score (nSPS) is 12.7. The predicted octanol–water partition coefficient (Wildman–Crippen LogP) is 3.06. The van der Waals surface area contributed by atoms with E-state index in [4.69, 9.17) is 14.2 Å². The Morgan fingerprint density at radius 1 is 0.879 bits per heavy atom. The molecule has 3 aromatic carbocycles. The standard InChI is InChI=1S/C26H27FO6/c1-31-24(26(29)30)17-18-3-11-22(12-4-18)32-15-2-16-33-23-13-7-20(8-14-23)25(28)19-5-9-21(27)10-6-19/h3-14,24-25,28H,2,15-17H2,1H3,(H,29,30)/p-1/t24-,25?/m0/s1. The zero-order valence-electron chi connectivity index (χ0n) is 18.3. The van der Waals surface area contributed by atoms with E-state index >= 15 is 0 Å². The lowest BCUT2D eigenvalue weighted by Crippen LogP contribution is -2.38. The number of ether oxygens (including phenoxy) is 3. The van der Waals surface area contributed by atoms with Gasteiger partial charge in [-0.15, -0.1) is 0 Å². The number of aliphatic hydroxyl groups is 1. The average Bonchev–Trinajstić information content (AvgIpc) is 2.83. The van der Waals surface area contributed by atoms with Gasteiger partial charge in [0.05, 0.1) is 19.2 Å². The minimum Gasteiger partial charge on any atom is -0.547 e. The number of carboxylic acids is 1. The molecule has 0 aliphatic carbocycles. The van der Waals surface area contributed by atoms with Crippen LogP contribution in [0.4, 0.5) is 4.39 Å². The molecule has 0 aromatic heterocycles. The number of carbonyl (C=O) groups is 1. The zero-order chi connectivity index (χ0) is 23.6. The van der Waals surface area contributed by atoms with Crippen LogP contribution in [0.5, 0.6) is 11.5 Å². The van der Waals surface area contributed by atoms with Gasteiger partial charge in [-0.25, -0.2) is 4.39 Å². The Bertz CT molecular complexity index is 1000. The highest BCUT2D eigenvalue weighted by Crippen LogP contribution is 2.24. The van der Waals surface area contributed by atoms with Crippen LogP contribution in [-0.2, 0) is 16.0 Å². The maximum Gasteiger partial charge on any atom is 0.123 e. The van der Waals surface area contributed by atoms with Gasteiger partial charge in [-0.05, 0) is 53.1 Å². The molecule has 0 radical (unpaired) electrons. The average molecular weight is 453 g/mol. The van der Waals surface area contributed by atoms with Crippen molar-refractivity contribution in [1.29, 1.82) is 0 Å². The van der Waals surface area contributed by atoms with Crippen molar-refractivity contribution in [2.45, 2.75) is 25.0 Å². The quantitative estimate of drug-likeness (QED) is 0.424. The molecule has 3 rings (SSSR count). The summed E-state index contributed by atoms with van der Waals surface area (Å²) < 4.78 is 29.3. The Labute approximate surface area is 192 Å². The van der Waals surface area contributed by atoms with Gasteiger partial charge in [0.1, 0.15) is 29.5 Å². The number of benzene rings is 3. The Balaban J connectivity index is 1.38. The summed E-state index contributed by atoms with van der Waals surface area (Å²) in [7, 11) is 1.34. The Morgan fingerprint density at radius 3 is 1.85 bits per heavy atom. The van der Waals surface area contributed by atoms with Crippen LogP contribution in [-0.4, -0.2) is 37.5 Å². The van der Waals surface area contributed by atoms with E-state index in [1.165, 1.54) is 19.2 Å². The minimum atomic E-state index is -1.24. The lowest BCUT2D eigenvalue weighted by Gasteiger charge is -2.16. The molecule has 0 amide bonds. The largest absolute Gasteiger partial charge is 0.547 e. The van der Waals surface area contributed by atoms with E-state index in [1.807, 2.05) is 0 Å². The molecule has 2 atom stereocenters. The van der Waals surface area contributed by atoms with E-state index in [2.05, 4.69) is 0 Å². The highest BCUT2D eigenvalue weighted by molar-refractivity contribution is 5.70. The molecule has 0 heterocycles. The second-order valence-corrected chi connectivity index (χ2v) is 7.47. The molecule has 3 aromatic rings. The van der Waals surface area contributed by atoms with Gasteiger partial charge in [0.15, 0.2) is 0 Å². The lowest BCUT2D eigenvalue weighted by molar-refractivity contribution is -0.315. The van der Waals surface area contributed by atoms with Crippen molar-refractivity contribution in [1.82, 2.24) is 0 Å². The number of halogens is 1. The molecule has 33 heavy (non-hydrogen) atoms. The van der Waals surface area contributed by atoms with Crippen LogP contribution in [0.2, 0.25) is 0 Å². The van der Waals surface area contributed by atoms with Crippen molar-refractivity contribution < 1.29 is 33.6 Å². The van der Waals surface area contributed by atoms with Crippen LogP contribution < -0.4 is 14.6 Å². The molecule has 7 heteroatoms. The first-order chi connectivity index (χ1) is 16.0. The number of aliphatic hydroxyl groups excluding tert-OH is 1. The molecule has 0 spiro atoms. The fourth-order valence-electron chi connectivity index (χ4n) is 3.22. The number of carboxylic acid groups (broad SMARTS) is 1. The molecule has 0 aliphatic rings. The number of hydrogen-bond donors (Lipinski definition) is 1. The monoisotopic (exact) mass is 453 g/mol. The second kappa shape index (κ2) is 12.0. The highest BCUT2D eigenvalue weighted by Gasteiger charge is 2.11. The summed E-state index contributed by atoms with van der Waals surface area (Å²) in [5.41, 5.74) is 2.12. The molecule has 6 nitrogen and oxygen atoms in total. The fraction of sp³-hybridized carbons (Fsp3) is 0.269. The van der Waals surface area contributed by atoms with Gasteiger partial charge < -0.3 is 29.2 Å². The summed E-state index contributed by atoms with van der Waals surface area (Å²) in [6, 6.07) is 20.0. The van der Waals surface area contributed by atoms with Gasteiger partial charge >= 0.3 is 0 Å². The van der Waals surface area contributed by atoms with Gasteiger partial charge in [-0.2, -0.15) is 0 Å². The van der Waals surface area contributed by atoms with Crippen LogP contribution in [0.25, 0.3) is 0 Å². The molecule has 0 saturated heterocycles. The first-order valence-corrected chi connectivity index (χ1v) is 10.6. The van der Waals surface area contributed by atoms with Crippen molar-refractivity contribution in [3.05, 3.63) is 95.3 Å². The first kappa shape index (κ1) is 24.2. The minimum absolute atomic E-state index is 0.229. The van der Waals surface area contributed by atoms with Gasteiger partial charge in [-0.3, -0.25) is 0 Å². The Kier molecular flexibility index (Phi) is 8.80. The number of hydrogen-bond acceptors (Lipinski definition) is 6. The predicted molar refractivity (Wildman–Crippen MR) is 118 cm³/mol. The van der Waals surface area contributed by atoms with Crippen molar-refractivity contribution in [3.63, 3.8) is 0 Å². The third kappa shape index (κ3) is 7.30. The molecule has 174 valence electrons. The smallest absolute Gasteiger partial charge is 0.123 e. The number of aliphatic carboxylic acids is 1. The second-order valence-electron chi connectivity index (χ2n) is 7.47. The Morgan fingerprint density at radius 2 is 1.36 bits per heavy atom. The van der Waals surface area contributed by atoms with E-state index in [-0.39, 0.29) is 12.2 Å². The van der Waals surface area contributed by atoms with Crippen LogP contribution in [0.3, 0.4) is 0 Å². The fourth-order valence-corrected chi connectivity index (χ4v) is 3.22. The van der Waals surface area contributed by atoms with Crippen LogP contribution in [0, 0.1) is 5.82 Å². The van der Waals surface area contributed by atoms with Gasteiger partial charge in [0, 0.05) is 20.0 Å². The van der Waals surface area contributed by atoms with Crippen molar-refractivity contribution in [2.75, 3.05) is 20.3 Å². The SMILES string of the molecule is CO[C@@H](Cc1ccc(OCCCOc2ccc(C(O)c3ccc(F)cc3)cc2)cc1)C(=O)[O-]. The van der Waals surface area contributed by atoms with E-state index in [0.29, 0.717) is 42.3 Å². The van der Waals surface area contributed by atoms with Crippen LogP contribution in [0.1, 0.15) is 29.2 Å².